The standard InChI is InChI=1S/C52H40N4/c1-5-47-54-44-22-14-24-46-51(44)56(47)50-41(21-13-23-45(50)55(46)34-15-7-6-8-16-34)49-39-19-11-9-17-37(39)48(38-18-10-12-20-40(38)49)33-26-28-36-35-27-25-32(31-53-4)29-42(35)52(2,3)43(36)30-33/h6-31H,5H2,1-4H3. The zero-order valence-corrected chi connectivity index (χ0v) is 32.0. The first-order valence-corrected chi connectivity index (χ1v) is 19.6. The highest BCUT2D eigenvalue weighted by Crippen LogP contribution is 2.54. The molecule has 4 nitrogen and oxygen atoms in total. The molecule has 0 N–H and O–H groups in total. The molecule has 0 radical (unpaired) electrons. The number of aromatic nitrogens is 2. The Hall–Kier alpha value is -6.78. The Bertz CT molecular complexity index is 3050. The van der Waals surface area contributed by atoms with Crippen molar-refractivity contribution in [3.63, 3.8) is 0 Å². The summed E-state index contributed by atoms with van der Waals surface area (Å²) in [5.74, 6) is 1.06. The van der Waals surface area contributed by atoms with Gasteiger partial charge in [-0.05, 0) is 109 Å². The smallest absolute Gasteiger partial charge is 0.114 e. The van der Waals surface area contributed by atoms with Crippen molar-refractivity contribution >= 4 is 55.9 Å². The average Bonchev–Trinajstić information content (AvgIpc) is 3.72. The summed E-state index contributed by atoms with van der Waals surface area (Å²) < 4.78 is 2.45. The summed E-state index contributed by atoms with van der Waals surface area (Å²) in [5, 5.41) is 4.97. The van der Waals surface area contributed by atoms with Crippen LogP contribution in [0.15, 0.2) is 157 Å². The second kappa shape index (κ2) is 12.1. The zero-order valence-electron chi connectivity index (χ0n) is 32.0. The summed E-state index contributed by atoms with van der Waals surface area (Å²) in [7, 11) is 1.84. The number of anilines is 3. The summed E-state index contributed by atoms with van der Waals surface area (Å²) in [4.78, 5) is 12.0. The summed E-state index contributed by atoms with van der Waals surface area (Å²) >= 11 is 0. The monoisotopic (exact) mass is 720 g/mol. The first-order chi connectivity index (χ1) is 27.5. The van der Waals surface area contributed by atoms with Crippen LogP contribution in [-0.4, -0.2) is 22.8 Å². The van der Waals surface area contributed by atoms with Crippen LogP contribution in [0.1, 0.15) is 43.3 Å². The number of para-hydroxylation sites is 3. The van der Waals surface area contributed by atoms with Crippen LogP contribution in [-0.2, 0) is 11.8 Å². The van der Waals surface area contributed by atoms with Gasteiger partial charge in [0.15, 0.2) is 0 Å². The molecule has 2 heterocycles. The molecule has 8 aromatic carbocycles. The highest BCUT2D eigenvalue weighted by Gasteiger charge is 2.36. The summed E-state index contributed by atoms with van der Waals surface area (Å²) in [5.41, 5.74) is 18.0. The molecule has 56 heavy (non-hydrogen) atoms. The lowest BCUT2D eigenvalue weighted by molar-refractivity contribution is 0.660. The van der Waals surface area contributed by atoms with Crippen molar-refractivity contribution in [3.8, 4) is 39.1 Å². The Labute approximate surface area is 327 Å². The summed E-state index contributed by atoms with van der Waals surface area (Å²) in [6.45, 7) is 6.94. The lowest BCUT2D eigenvalue weighted by Crippen LogP contribution is -2.19. The van der Waals surface area contributed by atoms with E-state index in [1.807, 2.05) is 13.3 Å². The molecule has 9 aromatic rings. The second-order valence-electron chi connectivity index (χ2n) is 15.6. The Morgan fingerprint density at radius 3 is 1.93 bits per heavy atom. The highest BCUT2D eigenvalue weighted by molar-refractivity contribution is 6.23. The molecule has 0 atom stereocenters. The second-order valence-corrected chi connectivity index (χ2v) is 15.6. The van der Waals surface area contributed by atoms with Gasteiger partial charge in [0, 0.05) is 36.3 Å². The maximum absolute atomic E-state index is 5.24. The number of aliphatic imine (C=N–C) groups is 1. The van der Waals surface area contributed by atoms with Crippen molar-refractivity contribution in [2.24, 2.45) is 4.99 Å². The third-order valence-corrected chi connectivity index (χ3v) is 12.2. The molecule has 4 heteroatoms. The van der Waals surface area contributed by atoms with E-state index in [2.05, 4.69) is 187 Å². The molecule has 1 aliphatic heterocycles. The van der Waals surface area contributed by atoms with Crippen LogP contribution >= 0.6 is 0 Å². The van der Waals surface area contributed by atoms with Gasteiger partial charge in [0.05, 0.1) is 28.1 Å². The first kappa shape index (κ1) is 32.6. The SMILES string of the molecule is CCc1nc2cccc3c2n1-c1c(-c2c4ccccc4c(-c4ccc5c(c4)C(C)(C)c4cc(C=NC)ccc4-5)c4ccccc24)cccc1N3c1ccccc1. The van der Waals surface area contributed by atoms with Crippen LogP contribution in [0, 0.1) is 0 Å². The minimum Gasteiger partial charge on any atom is -0.306 e. The number of hydrogen-bond acceptors (Lipinski definition) is 3. The highest BCUT2D eigenvalue weighted by atomic mass is 15.2. The van der Waals surface area contributed by atoms with Gasteiger partial charge in [-0.25, -0.2) is 4.98 Å². The molecule has 268 valence electrons. The largest absolute Gasteiger partial charge is 0.306 e. The van der Waals surface area contributed by atoms with Crippen molar-refractivity contribution in [1.82, 2.24) is 9.55 Å². The van der Waals surface area contributed by atoms with E-state index in [-0.39, 0.29) is 5.41 Å². The van der Waals surface area contributed by atoms with Gasteiger partial charge < -0.3 is 4.90 Å². The maximum Gasteiger partial charge on any atom is 0.114 e. The molecule has 0 bridgehead atoms. The third kappa shape index (κ3) is 4.47. The molecule has 1 aliphatic carbocycles. The van der Waals surface area contributed by atoms with E-state index in [4.69, 9.17) is 4.98 Å². The molecule has 0 unspecified atom stereocenters. The average molecular weight is 721 g/mol. The minimum atomic E-state index is -0.152. The maximum atomic E-state index is 5.24. The Kier molecular flexibility index (Phi) is 7.06. The number of imidazole rings is 1. The zero-order chi connectivity index (χ0) is 37.7. The number of rotatable bonds is 5. The van der Waals surface area contributed by atoms with Crippen molar-refractivity contribution in [2.75, 3.05) is 11.9 Å². The predicted molar refractivity (Wildman–Crippen MR) is 236 cm³/mol. The molecule has 1 aromatic heterocycles. The van der Waals surface area contributed by atoms with Gasteiger partial charge in [-0.3, -0.25) is 9.56 Å². The molecule has 0 spiro atoms. The van der Waals surface area contributed by atoms with Crippen molar-refractivity contribution in [3.05, 3.63) is 174 Å². The Morgan fingerprint density at radius 2 is 1.23 bits per heavy atom. The van der Waals surface area contributed by atoms with Crippen LogP contribution in [0.2, 0.25) is 0 Å². The lowest BCUT2D eigenvalue weighted by atomic mass is 9.80. The fourth-order valence-corrected chi connectivity index (χ4v) is 9.82. The van der Waals surface area contributed by atoms with Gasteiger partial charge in [0.25, 0.3) is 0 Å². The molecule has 0 amide bonds. The number of benzene rings is 8. The number of aryl methyl sites for hydroxylation is 1. The van der Waals surface area contributed by atoms with E-state index in [1.165, 1.54) is 71.7 Å². The summed E-state index contributed by atoms with van der Waals surface area (Å²) in [6.07, 6.45) is 2.77. The van der Waals surface area contributed by atoms with Crippen LogP contribution in [0.5, 0.6) is 0 Å². The lowest BCUT2D eigenvalue weighted by Gasteiger charge is -2.34. The predicted octanol–water partition coefficient (Wildman–Crippen LogP) is 13.4. The van der Waals surface area contributed by atoms with Crippen LogP contribution in [0.25, 0.3) is 71.6 Å². The topological polar surface area (TPSA) is 33.4 Å². The molecule has 0 saturated heterocycles. The van der Waals surface area contributed by atoms with E-state index in [0.717, 1.165) is 45.9 Å². The normalized spacial score (nSPS) is 13.8. The number of fused-ring (bicyclic) bond motifs is 7. The summed E-state index contributed by atoms with van der Waals surface area (Å²) in [6, 6.07) is 56.1. The first-order valence-electron chi connectivity index (χ1n) is 19.6. The Balaban J connectivity index is 1.20. The van der Waals surface area contributed by atoms with E-state index in [1.54, 1.807) is 0 Å². The molecular formula is C52H40N4. The fraction of sp³-hybridized carbons (Fsp3) is 0.115. The number of hydrogen-bond donors (Lipinski definition) is 0. The van der Waals surface area contributed by atoms with Crippen molar-refractivity contribution in [2.45, 2.75) is 32.6 Å². The molecule has 0 saturated carbocycles. The minimum absolute atomic E-state index is 0.152. The quantitative estimate of drug-likeness (QED) is 0.131. The van der Waals surface area contributed by atoms with Crippen LogP contribution < -0.4 is 4.90 Å². The van der Waals surface area contributed by atoms with Crippen molar-refractivity contribution in [1.29, 1.82) is 0 Å². The van der Waals surface area contributed by atoms with Gasteiger partial charge >= 0.3 is 0 Å². The Morgan fingerprint density at radius 1 is 0.607 bits per heavy atom. The van der Waals surface area contributed by atoms with Gasteiger partial charge in [0.1, 0.15) is 5.82 Å². The number of nitrogens with zero attached hydrogens (tertiary/aromatic N) is 4. The van der Waals surface area contributed by atoms with Crippen LogP contribution in [0.4, 0.5) is 17.1 Å². The third-order valence-electron chi connectivity index (χ3n) is 12.2. The molecule has 2 aliphatic rings. The van der Waals surface area contributed by atoms with Gasteiger partial charge in [-0.15, -0.1) is 0 Å². The van der Waals surface area contributed by atoms with Gasteiger partial charge in [0.2, 0.25) is 0 Å². The molecule has 11 rings (SSSR count). The molecule has 0 fully saturated rings. The van der Waals surface area contributed by atoms with E-state index in [9.17, 15) is 0 Å². The van der Waals surface area contributed by atoms with E-state index in [0.29, 0.717) is 0 Å². The van der Waals surface area contributed by atoms with Crippen LogP contribution in [0.3, 0.4) is 0 Å². The van der Waals surface area contributed by atoms with E-state index >= 15 is 0 Å². The van der Waals surface area contributed by atoms with Crippen molar-refractivity contribution < 1.29 is 0 Å². The molecular weight excluding hydrogens is 681 g/mol. The van der Waals surface area contributed by atoms with Gasteiger partial charge in [-0.2, -0.15) is 0 Å². The van der Waals surface area contributed by atoms with E-state index < -0.39 is 0 Å². The fourth-order valence-electron chi connectivity index (χ4n) is 9.82. The van der Waals surface area contributed by atoms with Gasteiger partial charge in [-0.1, -0.05) is 130 Å².